The van der Waals surface area contributed by atoms with Gasteiger partial charge in [0.2, 0.25) is 0 Å². The zero-order chi connectivity index (χ0) is 4.00. The van der Waals surface area contributed by atoms with Crippen LogP contribution in [0.3, 0.4) is 0 Å². The van der Waals surface area contributed by atoms with Gasteiger partial charge in [-0.05, 0) is 0 Å². The van der Waals surface area contributed by atoms with Crippen LogP contribution in [0.5, 0.6) is 0 Å². The molecule has 24 valence electrons. The normalized spacial score (nSPS) is 2.00. The summed E-state index contributed by atoms with van der Waals surface area (Å²) in [6, 6.07) is 0. The fourth-order valence-corrected chi connectivity index (χ4v) is 0. The van der Waals surface area contributed by atoms with Crippen LogP contribution in [-0.2, 0) is 2.21 Å². The molecule has 0 amide bonds. The summed E-state index contributed by atoms with van der Waals surface area (Å²) in [4.78, 5) is 0. The van der Waals surface area contributed by atoms with Crippen LogP contribution < -0.4 is 0 Å². The van der Waals surface area contributed by atoms with Gasteiger partial charge in [-0.1, -0.05) is 0 Å². The quantitative estimate of drug-likeness (QED) is 0.614. The van der Waals surface area contributed by atoms with Crippen molar-refractivity contribution < 1.29 is 79.1 Å². The van der Waals surface area contributed by atoms with E-state index in [4.69, 9.17) is 2.21 Å². The number of hydrogen-bond acceptors (Lipinski definition) is 2. The molecule has 0 saturated carbocycles. The van der Waals surface area contributed by atoms with Gasteiger partial charge in [0.1, 0.15) is 0 Å². The first-order valence-corrected chi connectivity index (χ1v) is 2.47. The Balaban J connectivity index is 0. The first-order valence-electron chi connectivity index (χ1n) is 0.333. The van der Waals surface area contributed by atoms with Crippen LogP contribution in [0.1, 0.15) is 0 Å². The molecule has 0 aliphatic heterocycles. The van der Waals surface area contributed by atoms with E-state index in [1.165, 1.54) is 0 Å². The van der Waals surface area contributed by atoms with Gasteiger partial charge < -0.3 is 0 Å². The molecule has 0 radical (unpaired) electrons. The minimum absolute atomic E-state index is 0.333. The van der Waals surface area contributed by atoms with Crippen molar-refractivity contribution in [2.24, 2.45) is 0 Å². The summed E-state index contributed by atoms with van der Waals surface area (Å²) in [5.74, 6) is 0. The Kier molecular flexibility index (Phi) is 44.5. The summed E-state index contributed by atoms with van der Waals surface area (Å²) in [5.41, 5.74) is 0. The fraction of sp³-hybridized carbons (Fsp3) is 0. The Hall–Kier alpha value is 2.28. The van der Waals surface area contributed by atoms with Crippen LogP contribution in [0.4, 0.5) is 0 Å². The van der Waals surface area contributed by atoms with Crippen LogP contribution in [0.25, 0.3) is 0 Å². The zero-order valence-corrected chi connectivity index (χ0v) is 6.87. The summed E-state index contributed by atoms with van der Waals surface area (Å²) in [6.07, 6.45) is 0. The number of hydrogen-bond donors (Lipinski definition) is 0. The average Bonchev–Trinajstić information content (AvgIpc) is 1.50. The molecule has 0 bridgehead atoms. The second-order valence-electron chi connectivity index (χ2n) is 0. The second kappa shape index (κ2) is 18.6. The van der Waals surface area contributed by atoms with E-state index in [1.807, 2.05) is 0 Å². The molecule has 0 unspecified atom stereocenters. The minimum atomic E-state index is 0.333. The molecule has 0 aromatic rings. The van der Waals surface area contributed by atoms with Crippen molar-refractivity contribution in [3.8, 4) is 0 Å². The van der Waals surface area contributed by atoms with E-state index in [0.717, 1.165) is 0 Å². The maximum atomic E-state index is 8.33. The van der Waals surface area contributed by atoms with Crippen molar-refractivity contribution in [2.45, 2.75) is 0 Å². The summed E-state index contributed by atoms with van der Waals surface area (Å²) in [6.45, 7) is 0. The molecule has 0 N–H and O–H groups in total. The molecule has 0 aromatic carbocycles. The van der Waals surface area contributed by atoms with E-state index >= 15 is 0 Å². The monoisotopic (exact) mass is 336 g/mol. The molecular weight excluding hydrogens is 333 g/mol. The Morgan fingerprint density at radius 1 is 0.750 bits per heavy atom. The van der Waals surface area contributed by atoms with Gasteiger partial charge >= 0.3 is 79.1 Å². The average molecular weight is 333 g/mol. The van der Waals surface area contributed by atoms with Gasteiger partial charge in [0.05, 0.1) is 0 Å². The topological polar surface area (TPSA) is 34.1 Å². The Morgan fingerprint density at radius 3 is 0.750 bits per heavy atom. The van der Waals surface area contributed by atoms with Crippen molar-refractivity contribution in [3.63, 3.8) is 0 Å². The van der Waals surface area contributed by atoms with E-state index in [2.05, 4.69) is 0 Å². The van der Waals surface area contributed by atoms with Gasteiger partial charge in [-0.2, -0.15) is 0 Å². The van der Waals surface area contributed by atoms with Crippen molar-refractivity contribution in [2.75, 3.05) is 0 Å². The van der Waals surface area contributed by atoms with Crippen molar-refractivity contribution in [3.05, 3.63) is 0 Å². The van der Waals surface area contributed by atoms with Crippen LogP contribution in [0, 0.1) is 76.9 Å². The summed E-state index contributed by atoms with van der Waals surface area (Å²) >= 11 is 0.667. The van der Waals surface area contributed by atoms with Gasteiger partial charge in [0, 0.05) is 0 Å². The predicted molar refractivity (Wildman–Crippen MR) is 1.37 cm³/mol. The molecule has 0 spiro atoms. The van der Waals surface area contributed by atoms with Crippen molar-refractivity contribution >= 4 is 0 Å². The SMILES string of the molecule is [O]=[Sm].[O]=[Sm]. The first-order chi connectivity index (χ1) is 2.00. The van der Waals surface area contributed by atoms with Crippen LogP contribution in [0.15, 0.2) is 0 Å². The molecule has 2 nitrogen and oxygen atoms in total. The molecular formula is O2Sm2. The third-order valence-corrected chi connectivity index (χ3v) is 0. The van der Waals surface area contributed by atoms with Crippen LogP contribution in [-0.4, -0.2) is 0 Å². The maximum absolute atomic E-state index is 8.33. The van der Waals surface area contributed by atoms with Gasteiger partial charge in [0.25, 0.3) is 0 Å². The molecule has 4 heteroatoms. The van der Waals surface area contributed by atoms with Gasteiger partial charge in [-0.15, -0.1) is 0 Å². The fourth-order valence-electron chi connectivity index (χ4n) is 0. The van der Waals surface area contributed by atoms with Crippen LogP contribution >= 0.6 is 0 Å². The van der Waals surface area contributed by atoms with E-state index in [9.17, 15) is 0 Å². The first kappa shape index (κ1) is 9.55. The Labute approximate surface area is 76.9 Å². The molecule has 4 heavy (non-hydrogen) atoms. The number of rotatable bonds is 0. The Bertz CT molecular complexity index is 6.00. The summed E-state index contributed by atoms with van der Waals surface area (Å²) in [5, 5.41) is 0. The van der Waals surface area contributed by atoms with Gasteiger partial charge in [0.15, 0.2) is 0 Å². The van der Waals surface area contributed by atoms with E-state index < -0.39 is 0 Å². The molecule has 0 saturated heterocycles. The van der Waals surface area contributed by atoms with Crippen molar-refractivity contribution in [1.82, 2.24) is 0 Å². The molecule has 0 fully saturated rings. The summed E-state index contributed by atoms with van der Waals surface area (Å²) in [7, 11) is 0. The molecule has 0 aliphatic rings. The van der Waals surface area contributed by atoms with E-state index in [1.54, 1.807) is 0 Å². The predicted octanol–water partition coefficient (Wildman–Crippen LogP) is -0.238. The summed E-state index contributed by atoms with van der Waals surface area (Å²) < 4.78 is 16.7. The van der Waals surface area contributed by atoms with E-state index in [-0.39, 0.29) is 0 Å². The standard InChI is InChI=1S/2O.2Sm. The van der Waals surface area contributed by atoms with E-state index in [0.29, 0.717) is 76.9 Å². The van der Waals surface area contributed by atoms with Gasteiger partial charge in [-0.3, -0.25) is 0 Å². The molecule has 0 aromatic heterocycles. The molecule has 0 aliphatic carbocycles. The molecule has 0 heterocycles. The second-order valence-corrected chi connectivity index (χ2v) is 0. The zero-order valence-electron chi connectivity index (χ0n) is 1.63. The third kappa shape index (κ3) is 8.86. The Morgan fingerprint density at radius 2 is 0.750 bits per heavy atom. The molecule has 0 rings (SSSR count). The molecule has 0 atom stereocenters. The van der Waals surface area contributed by atoms with Gasteiger partial charge in [-0.25, -0.2) is 0 Å². The van der Waals surface area contributed by atoms with Crippen LogP contribution in [0.2, 0.25) is 0 Å². The third-order valence-electron chi connectivity index (χ3n) is 0. The van der Waals surface area contributed by atoms with Crippen molar-refractivity contribution in [1.29, 1.82) is 0 Å².